The molecule has 1 atom stereocenters. The lowest BCUT2D eigenvalue weighted by Crippen LogP contribution is -2.46. The molecule has 0 saturated carbocycles. The Hall–Kier alpha value is -4.61. The number of aromatic nitrogens is 1. The summed E-state index contributed by atoms with van der Waals surface area (Å²) in [5.74, 6) is -0.924. The number of nitrogens with zero attached hydrogens (tertiary/aromatic N) is 2. The molecule has 1 unspecified atom stereocenters. The monoisotopic (exact) mass is 514 g/mol. The fourth-order valence-corrected chi connectivity index (χ4v) is 3.84. The van der Waals surface area contributed by atoms with E-state index in [0.717, 1.165) is 17.0 Å². The molecule has 1 saturated heterocycles. The maximum Gasteiger partial charge on any atom is 0.573 e. The van der Waals surface area contributed by atoms with Crippen molar-refractivity contribution in [2.75, 3.05) is 17.3 Å². The average molecular weight is 514 g/mol. The third-order valence-corrected chi connectivity index (χ3v) is 5.65. The highest BCUT2D eigenvalue weighted by molar-refractivity contribution is 6.23. The van der Waals surface area contributed by atoms with Crippen LogP contribution >= 0.6 is 0 Å². The second-order valence-corrected chi connectivity index (χ2v) is 8.34. The highest BCUT2D eigenvalue weighted by Crippen LogP contribution is 2.31. The van der Waals surface area contributed by atoms with Crippen LogP contribution in [0.15, 0.2) is 67.0 Å². The van der Waals surface area contributed by atoms with Crippen LogP contribution in [0.1, 0.15) is 22.8 Å². The molecule has 12 heteroatoms. The van der Waals surface area contributed by atoms with Crippen molar-refractivity contribution in [1.29, 1.82) is 0 Å². The van der Waals surface area contributed by atoms with E-state index in [2.05, 4.69) is 20.4 Å². The summed E-state index contributed by atoms with van der Waals surface area (Å²) >= 11 is 0. The van der Waals surface area contributed by atoms with Crippen LogP contribution in [0.3, 0.4) is 0 Å². The number of halogens is 3. The fourth-order valence-electron chi connectivity index (χ4n) is 3.84. The summed E-state index contributed by atoms with van der Waals surface area (Å²) in [5.41, 5.74) is -0.0821. The fraction of sp³-hybridized carbons (Fsp3) is 0.200. The predicted octanol–water partition coefficient (Wildman–Crippen LogP) is 4.30. The molecule has 0 bridgehead atoms. The number of nitrogens with one attached hydrogen (secondary N) is 2. The molecule has 9 nitrogen and oxygen atoms in total. The van der Waals surface area contributed by atoms with Crippen molar-refractivity contribution in [2.45, 2.75) is 25.2 Å². The third kappa shape index (κ3) is 5.63. The normalized spacial score (nSPS) is 17.4. The van der Waals surface area contributed by atoms with Crippen molar-refractivity contribution in [2.24, 2.45) is 0 Å². The molecule has 4 rings (SSSR count). The predicted molar refractivity (Wildman–Crippen MR) is 126 cm³/mol. The number of carbonyl (C=O) groups excluding carboxylic acids is 3. The smallest absolute Gasteiger partial charge is 0.497 e. The summed E-state index contributed by atoms with van der Waals surface area (Å²) in [6.07, 6.45) is -1.95. The molecule has 2 aromatic carbocycles. The second kappa shape index (κ2) is 9.80. The van der Waals surface area contributed by atoms with E-state index in [9.17, 15) is 27.6 Å². The zero-order valence-electron chi connectivity index (χ0n) is 19.6. The van der Waals surface area contributed by atoms with E-state index in [1.54, 1.807) is 30.3 Å². The van der Waals surface area contributed by atoms with Gasteiger partial charge >= 0.3 is 12.4 Å². The van der Waals surface area contributed by atoms with Crippen LogP contribution < -0.4 is 25.0 Å². The van der Waals surface area contributed by atoms with Crippen LogP contribution in [0, 0.1) is 0 Å². The molecule has 192 valence electrons. The van der Waals surface area contributed by atoms with Gasteiger partial charge in [-0.25, -0.2) is 9.69 Å². The van der Waals surface area contributed by atoms with Gasteiger partial charge in [0.05, 0.1) is 24.7 Å². The van der Waals surface area contributed by atoms with Gasteiger partial charge in [0.2, 0.25) is 0 Å². The Labute approximate surface area is 209 Å². The topological polar surface area (TPSA) is 110 Å². The Bertz CT molecular complexity index is 1330. The first kappa shape index (κ1) is 25.5. The maximum absolute atomic E-state index is 13.3. The minimum atomic E-state index is -4.87. The lowest BCUT2D eigenvalue weighted by molar-refractivity contribution is -0.274. The molecular formula is C25H21F3N4O5. The van der Waals surface area contributed by atoms with Gasteiger partial charge in [-0.3, -0.25) is 14.6 Å². The van der Waals surface area contributed by atoms with Crippen LogP contribution in [0.2, 0.25) is 0 Å². The van der Waals surface area contributed by atoms with Gasteiger partial charge in [-0.15, -0.1) is 13.2 Å². The van der Waals surface area contributed by atoms with Gasteiger partial charge in [0, 0.05) is 18.2 Å². The number of amides is 4. The van der Waals surface area contributed by atoms with Crippen LogP contribution in [0.25, 0.3) is 0 Å². The summed E-state index contributed by atoms with van der Waals surface area (Å²) in [4.78, 5) is 43.6. The van der Waals surface area contributed by atoms with Gasteiger partial charge < -0.3 is 20.1 Å². The number of rotatable bonds is 7. The molecule has 1 fully saturated rings. The zero-order valence-corrected chi connectivity index (χ0v) is 19.6. The van der Waals surface area contributed by atoms with Gasteiger partial charge in [0.1, 0.15) is 17.0 Å². The van der Waals surface area contributed by atoms with Gasteiger partial charge in [-0.2, -0.15) is 0 Å². The van der Waals surface area contributed by atoms with Gasteiger partial charge in [-0.1, -0.05) is 0 Å². The molecule has 3 aromatic rings. The largest absolute Gasteiger partial charge is 0.573 e. The number of benzene rings is 2. The van der Waals surface area contributed by atoms with Crippen LogP contribution in [-0.4, -0.2) is 41.8 Å². The van der Waals surface area contributed by atoms with Gasteiger partial charge in [0.25, 0.3) is 11.8 Å². The highest BCUT2D eigenvalue weighted by Gasteiger charge is 2.48. The molecular weight excluding hydrogens is 493 g/mol. The van der Waals surface area contributed by atoms with E-state index in [0.29, 0.717) is 22.6 Å². The van der Waals surface area contributed by atoms with Crippen molar-refractivity contribution in [3.63, 3.8) is 0 Å². The third-order valence-electron chi connectivity index (χ3n) is 5.65. The number of carbonyl (C=O) groups is 3. The SMILES string of the molecule is COc1ccc(C(=O)Nc2cnccc2CC2(C)NC(=O)N(c3ccc(OC(F)(F)F)cc3)C2=O)cc1. The number of alkyl halides is 3. The molecule has 0 radical (unpaired) electrons. The molecule has 1 aliphatic heterocycles. The standard InChI is InChI=1S/C25H21F3N4O5/c1-24(22(34)32(23(35)31-24)17-5-9-19(10-6-17)37-25(26,27)28)13-16-11-12-29-14-20(16)30-21(33)15-3-7-18(36-2)8-4-15/h3-12,14H,13H2,1-2H3,(H,30,33)(H,31,35). The van der Waals surface area contributed by atoms with Crippen molar-refractivity contribution in [3.05, 3.63) is 78.1 Å². The highest BCUT2D eigenvalue weighted by atomic mass is 19.4. The summed E-state index contributed by atoms with van der Waals surface area (Å²) < 4.78 is 46.2. The second-order valence-electron chi connectivity index (χ2n) is 8.34. The number of urea groups is 1. The molecule has 4 amide bonds. The first-order chi connectivity index (χ1) is 17.5. The Morgan fingerprint density at radius 3 is 2.32 bits per heavy atom. The summed E-state index contributed by atoms with van der Waals surface area (Å²) in [6, 6.07) is 11.7. The van der Waals surface area contributed by atoms with Gasteiger partial charge in [0.15, 0.2) is 0 Å². The average Bonchev–Trinajstić information content (AvgIpc) is 3.07. The number of hydrogen-bond acceptors (Lipinski definition) is 6. The van der Waals surface area contributed by atoms with E-state index in [1.165, 1.54) is 38.6 Å². The lowest BCUT2D eigenvalue weighted by Gasteiger charge is -2.23. The molecule has 2 heterocycles. The van der Waals surface area contributed by atoms with Crippen LogP contribution in [0.5, 0.6) is 11.5 Å². The Morgan fingerprint density at radius 1 is 1.05 bits per heavy atom. The number of pyridine rings is 1. The van der Waals surface area contributed by atoms with Crippen LogP contribution in [-0.2, 0) is 11.2 Å². The zero-order chi connectivity index (χ0) is 26.8. The summed E-state index contributed by atoms with van der Waals surface area (Å²) in [7, 11) is 1.51. The molecule has 37 heavy (non-hydrogen) atoms. The first-order valence-electron chi connectivity index (χ1n) is 10.9. The van der Waals surface area contributed by atoms with Gasteiger partial charge in [-0.05, 0) is 67.1 Å². The summed E-state index contributed by atoms with van der Waals surface area (Å²) in [6.45, 7) is 1.52. The minimum absolute atomic E-state index is 0.00406. The minimum Gasteiger partial charge on any atom is -0.497 e. The van der Waals surface area contributed by atoms with E-state index in [1.807, 2.05) is 0 Å². The number of imide groups is 1. The number of hydrogen-bond donors (Lipinski definition) is 2. The van der Waals surface area contributed by atoms with Crippen molar-refractivity contribution >= 4 is 29.2 Å². The molecule has 1 aromatic heterocycles. The number of methoxy groups -OCH3 is 1. The van der Waals surface area contributed by atoms with Crippen molar-refractivity contribution in [1.82, 2.24) is 10.3 Å². The Kier molecular flexibility index (Phi) is 6.75. The van der Waals surface area contributed by atoms with Crippen molar-refractivity contribution < 1.29 is 37.0 Å². The Balaban J connectivity index is 1.52. The Morgan fingerprint density at radius 2 is 1.70 bits per heavy atom. The molecule has 2 N–H and O–H groups in total. The first-order valence-corrected chi connectivity index (χ1v) is 10.9. The van der Waals surface area contributed by atoms with E-state index in [-0.39, 0.29) is 12.1 Å². The maximum atomic E-state index is 13.3. The number of ether oxygens (including phenoxy) is 2. The van der Waals surface area contributed by atoms with E-state index < -0.39 is 35.5 Å². The molecule has 0 spiro atoms. The van der Waals surface area contributed by atoms with Crippen LogP contribution in [0.4, 0.5) is 29.3 Å². The van der Waals surface area contributed by atoms with Crippen molar-refractivity contribution in [3.8, 4) is 11.5 Å². The number of anilines is 2. The quantitative estimate of drug-likeness (QED) is 0.455. The van der Waals surface area contributed by atoms with E-state index in [4.69, 9.17) is 4.74 Å². The lowest BCUT2D eigenvalue weighted by atomic mass is 9.92. The molecule has 0 aliphatic carbocycles. The van der Waals surface area contributed by atoms with E-state index >= 15 is 0 Å². The summed E-state index contributed by atoms with van der Waals surface area (Å²) in [5, 5.41) is 5.40. The molecule has 1 aliphatic rings.